The number of hydrogen-bond donors (Lipinski definition) is 13. The first-order valence-electron chi connectivity index (χ1n) is 26.5. The summed E-state index contributed by atoms with van der Waals surface area (Å²) in [5, 5.41) is 139. The van der Waals surface area contributed by atoms with E-state index in [1.807, 2.05) is 19.9 Å². The zero-order valence-corrected chi connectivity index (χ0v) is 42.5. The molecule has 9 aliphatic rings. The Labute approximate surface area is 425 Å². The van der Waals surface area contributed by atoms with Crippen LogP contribution in [0.25, 0.3) is 0 Å². The Kier molecular flexibility index (Phi) is 16.6. The Hall–Kier alpha value is -1.56. The van der Waals surface area contributed by atoms with Crippen molar-refractivity contribution in [3.8, 4) is 0 Å². The minimum Gasteiger partial charge on any atom is -0.492 e. The number of ether oxygens (including phenoxy) is 9. The molecule has 0 radical (unpaired) electrons. The molecule has 0 aromatic heterocycles. The van der Waals surface area contributed by atoms with Crippen LogP contribution in [0, 0.1) is 40.4 Å². The minimum atomic E-state index is -1.75. The van der Waals surface area contributed by atoms with E-state index in [2.05, 4.69) is 19.9 Å². The number of rotatable bonds is 13. The lowest BCUT2D eigenvalue weighted by molar-refractivity contribution is -0.388. The Morgan fingerprint density at radius 1 is 0.658 bits per heavy atom. The summed E-state index contributed by atoms with van der Waals surface area (Å²) in [5.41, 5.74) is -0.343. The molecule has 22 heteroatoms. The predicted molar refractivity (Wildman–Crippen MR) is 249 cm³/mol. The van der Waals surface area contributed by atoms with Crippen molar-refractivity contribution in [2.75, 3.05) is 19.8 Å². The molecule has 0 amide bonds. The van der Waals surface area contributed by atoms with Crippen LogP contribution in [0.3, 0.4) is 0 Å². The Morgan fingerprint density at radius 2 is 1.25 bits per heavy atom. The molecule has 0 unspecified atom stereocenters. The van der Waals surface area contributed by atoms with Crippen LogP contribution in [0.4, 0.5) is 0 Å². The second-order valence-corrected chi connectivity index (χ2v) is 23.5. The van der Waals surface area contributed by atoms with Gasteiger partial charge in [0.1, 0.15) is 103 Å². The molecule has 22 nitrogen and oxygen atoms in total. The van der Waals surface area contributed by atoms with Crippen LogP contribution >= 0.6 is 0 Å². The summed E-state index contributed by atoms with van der Waals surface area (Å²) in [6, 6.07) is 0. The summed E-state index contributed by atoms with van der Waals surface area (Å²) in [6.45, 7) is 10.3. The van der Waals surface area contributed by atoms with Crippen LogP contribution in [-0.4, -0.2) is 227 Å². The molecule has 5 heterocycles. The van der Waals surface area contributed by atoms with E-state index in [0.29, 0.717) is 42.8 Å². The topological polar surface area (TPSA) is 346 Å². The number of allylic oxidation sites excluding steroid dienone is 2. The van der Waals surface area contributed by atoms with Crippen molar-refractivity contribution < 1.29 is 109 Å². The second kappa shape index (κ2) is 21.6. The normalized spacial score (nSPS) is 54.9. The van der Waals surface area contributed by atoms with Gasteiger partial charge in [-0.2, -0.15) is 0 Å². The highest BCUT2D eigenvalue weighted by Gasteiger charge is 2.69. The van der Waals surface area contributed by atoms with Crippen LogP contribution in [0.15, 0.2) is 23.5 Å². The van der Waals surface area contributed by atoms with Gasteiger partial charge < -0.3 is 109 Å². The zero-order chi connectivity index (χ0) is 52.8. The largest absolute Gasteiger partial charge is 0.492 e. The fourth-order valence-corrected chi connectivity index (χ4v) is 14.6. The van der Waals surface area contributed by atoms with E-state index in [1.165, 1.54) is 19.4 Å². The number of hydrogen-bond acceptors (Lipinski definition) is 22. The number of aliphatic hydroxyl groups excluding tert-OH is 12. The molecule has 3 saturated carbocycles. The lowest BCUT2D eigenvalue weighted by Gasteiger charge is -2.58. The van der Waals surface area contributed by atoms with Gasteiger partial charge in [0.2, 0.25) is 0 Å². The summed E-state index contributed by atoms with van der Waals surface area (Å²) in [6.07, 6.45) is -19.4. The number of fused-ring (bicyclic) bond motifs is 7. The van der Waals surface area contributed by atoms with Gasteiger partial charge in [0.25, 0.3) is 0 Å². The maximum absolute atomic E-state index is 12.3. The van der Waals surface area contributed by atoms with Gasteiger partial charge in [0, 0.05) is 5.92 Å². The molecule has 0 aromatic rings. The Balaban J connectivity index is 0.860. The van der Waals surface area contributed by atoms with E-state index >= 15 is 0 Å². The molecule has 5 aliphatic heterocycles. The molecule has 4 aliphatic carbocycles. The molecule has 73 heavy (non-hydrogen) atoms. The highest BCUT2D eigenvalue weighted by molar-refractivity contribution is 5.29. The maximum atomic E-state index is 12.3. The highest BCUT2D eigenvalue weighted by Crippen LogP contribution is 2.70. The van der Waals surface area contributed by atoms with Crippen LogP contribution in [-0.2, 0) is 42.6 Å². The van der Waals surface area contributed by atoms with Crippen LogP contribution in [0.2, 0.25) is 0 Å². The molecule has 8 fully saturated rings. The van der Waals surface area contributed by atoms with E-state index in [9.17, 15) is 66.4 Å². The quantitative estimate of drug-likeness (QED) is 0.0882. The lowest BCUT2D eigenvalue weighted by atomic mass is 9.46. The van der Waals surface area contributed by atoms with Crippen molar-refractivity contribution in [1.29, 1.82) is 0 Å². The molecule has 5 saturated heterocycles. The van der Waals surface area contributed by atoms with Crippen molar-refractivity contribution in [3.63, 3.8) is 0 Å². The van der Waals surface area contributed by atoms with E-state index in [1.54, 1.807) is 0 Å². The fraction of sp³-hybridized carbons (Fsp3) is 0.922. The number of aliphatic hydroxyl groups is 13. The fourth-order valence-electron chi connectivity index (χ4n) is 14.6. The summed E-state index contributed by atoms with van der Waals surface area (Å²) in [5.74, 6) is 1.30. The highest BCUT2D eigenvalue weighted by atomic mass is 16.8. The van der Waals surface area contributed by atoms with Gasteiger partial charge in [0.05, 0.1) is 38.1 Å². The third kappa shape index (κ3) is 10.0. The van der Waals surface area contributed by atoms with Gasteiger partial charge in [-0.05, 0) is 113 Å². The van der Waals surface area contributed by atoms with Gasteiger partial charge in [-0.15, -0.1) is 0 Å². The monoisotopic (exact) mass is 1050 g/mol. The van der Waals surface area contributed by atoms with E-state index in [4.69, 9.17) is 42.6 Å². The first-order valence-corrected chi connectivity index (χ1v) is 26.5. The molecular weight excluding hydrogens is 965 g/mol. The van der Waals surface area contributed by atoms with Crippen molar-refractivity contribution in [1.82, 2.24) is 0 Å². The van der Waals surface area contributed by atoms with Gasteiger partial charge in [-0.25, -0.2) is 0 Å². The molecule has 30 atom stereocenters. The first-order chi connectivity index (χ1) is 34.4. The minimum absolute atomic E-state index is 0.0981. The Morgan fingerprint density at radius 3 is 1.88 bits per heavy atom. The van der Waals surface area contributed by atoms with Crippen molar-refractivity contribution in [2.45, 2.75) is 234 Å². The molecule has 0 aromatic carbocycles. The summed E-state index contributed by atoms with van der Waals surface area (Å²) >= 11 is 0. The summed E-state index contributed by atoms with van der Waals surface area (Å²) in [7, 11) is 0. The standard InChI is InChI=1S/C51H82O22/c1-20(19-65-45-38(60)37(59)34(56)29(17-52)70-45)7-10-31-51(6,64)44-28(69-31)16-27-25-9-8-23-15-24(11-13-49(23,4)26(25)12-14-50(27,44)5)68-48-43(73-47-40(62)36(58)33(55)22(3)67-47)41(63)42(30(18-53)71-48)72-46-39(61)35(57)32(54)21(2)66-46/h8,10,20-22,24-30,32-48,52-64H,7,9,11-19H2,1-6H3/b31-10-/t20-,21+,22+,24+,25-,26+,27+,28+,29-,30-,32+,33+,34-,35-,36-,37+,38-,39-,40-,41+,42-,43-,44+,45-,46+,47+,48-,49+,50+,51-/m1/s1. The zero-order valence-electron chi connectivity index (χ0n) is 42.5. The third-order valence-electron chi connectivity index (χ3n) is 18.9. The van der Waals surface area contributed by atoms with Crippen molar-refractivity contribution in [3.05, 3.63) is 23.5 Å². The first kappa shape index (κ1) is 56.2. The van der Waals surface area contributed by atoms with E-state index in [-0.39, 0.29) is 35.4 Å². The molecular formula is C51H82O22. The molecule has 9 rings (SSSR count). The third-order valence-corrected chi connectivity index (χ3v) is 18.9. The van der Waals surface area contributed by atoms with Crippen molar-refractivity contribution >= 4 is 0 Å². The summed E-state index contributed by atoms with van der Waals surface area (Å²) in [4.78, 5) is 0. The van der Waals surface area contributed by atoms with Gasteiger partial charge >= 0.3 is 0 Å². The van der Waals surface area contributed by atoms with Crippen LogP contribution in [0.1, 0.15) is 92.9 Å². The van der Waals surface area contributed by atoms with Crippen molar-refractivity contribution in [2.24, 2.45) is 40.4 Å². The van der Waals surface area contributed by atoms with E-state index < -0.39 is 148 Å². The lowest BCUT2D eigenvalue weighted by Crippen LogP contribution is -2.66. The predicted octanol–water partition coefficient (Wildman–Crippen LogP) is -2.06. The smallest absolute Gasteiger partial charge is 0.187 e. The summed E-state index contributed by atoms with van der Waals surface area (Å²) < 4.78 is 54.5. The van der Waals surface area contributed by atoms with Crippen LogP contribution < -0.4 is 0 Å². The second-order valence-electron chi connectivity index (χ2n) is 23.5. The average Bonchev–Trinajstić information content (AvgIpc) is 3.82. The van der Waals surface area contributed by atoms with E-state index in [0.717, 1.165) is 32.1 Å². The molecule has 418 valence electrons. The maximum Gasteiger partial charge on any atom is 0.187 e. The van der Waals surface area contributed by atoms with Crippen LogP contribution in [0.5, 0.6) is 0 Å². The van der Waals surface area contributed by atoms with Gasteiger partial charge in [-0.1, -0.05) is 32.4 Å². The molecule has 13 N–H and O–H groups in total. The molecule has 0 spiro atoms. The Bertz CT molecular complexity index is 1960. The van der Waals surface area contributed by atoms with Gasteiger partial charge in [0.15, 0.2) is 25.2 Å². The average molecular weight is 1050 g/mol. The molecule has 0 bridgehead atoms. The SMILES string of the molecule is C[C@H](C/C=C1\O[C@H]2C[C@H]3[C@@H]4CC=C5C[C@@H](O[C@@H]6O[C@H](CO)[C@@H](O[C@@H]7O[C@@H](C)[C@H](O)[C@@H](O)[C@H]7O)[C@H](O)[C@H]6O[C@@H]6O[C@@H](C)[C@H](O)[C@@H](O)[C@H]6O)CC[C@]5(C)[C@H]4CC[C@]3(C)[C@H]2[C@]1(C)O)CO[C@@H]1O[C@H](CO)[C@@H](O)[C@H](O)[C@H]1O. The van der Waals surface area contributed by atoms with Gasteiger partial charge in [-0.3, -0.25) is 0 Å².